The Hall–Kier alpha value is -1.07. The molecule has 0 aromatic heterocycles. The van der Waals surface area contributed by atoms with Crippen molar-refractivity contribution in [2.45, 2.75) is 127 Å². The van der Waals surface area contributed by atoms with Gasteiger partial charge in [0.1, 0.15) is 24.9 Å². The molecule has 4 saturated carbocycles. The zero-order valence-corrected chi connectivity index (χ0v) is 22.7. The van der Waals surface area contributed by atoms with E-state index in [0.717, 1.165) is 37.7 Å². The van der Waals surface area contributed by atoms with Crippen LogP contribution in [0.4, 0.5) is 0 Å². The summed E-state index contributed by atoms with van der Waals surface area (Å²) in [4.78, 5) is 11.8. The minimum atomic E-state index is -1.36. The molecule has 5 fully saturated rings. The first-order valence-corrected chi connectivity index (χ1v) is 14.5. The summed E-state index contributed by atoms with van der Waals surface area (Å²) in [6.45, 7) is 6.33. The normalized spacial score (nSPS) is 56.5. The maximum atomic E-state index is 12.4. The van der Waals surface area contributed by atoms with Gasteiger partial charge in [-0.3, -0.25) is 0 Å². The van der Waals surface area contributed by atoms with Gasteiger partial charge in [0.05, 0.1) is 23.4 Å². The highest BCUT2D eigenvalue weighted by atomic mass is 16.7. The standard InChI is InChI=1S/C29H44O9/c1-15-22(31)23(32)24(33)25(37-15)38-17-4-8-26(2)19-5-9-27(3)18(16-12-21(30)36-14-16)7-11-29(27,35)20(19)6-10-28(26,34)13-17/h12,15,17-20,22-25,31-35H,4-11,13-14H2,1-3H3/t15-,17+,18-,19+,20-,22-,23-,24-,25+,26-,27-,28+,29+/m1/s1. The highest BCUT2D eigenvalue weighted by Crippen LogP contribution is 2.70. The summed E-state index contributed by atoms with van der Waals surface area (Å²) in [5, 5.41) is 55.1. The second-order valence-electron chi connectivity index (χ2n) is 13.7. The number of esters is 1. The topological polar surface area (TPSA) is 146 Å². The van der Waals surface area contributed by atoms with Gasteiger partial charge >= 0.3 is 5.97 Å². The number of rotatable bonds is 3. The predicted octanol–water partition coefficient (Wildman–Crippen LogP) is 1.57. The van der Waals surface area contributed by atoms with E-state index >= 15 is 0 Å². The highest BCUT2D eigenvalue weighted by Gasteiger charge is 2.70. The molecule has 2 aliphatic heterocycles. The molecule has 1 saturated heterocycles. The third-order valence-electron chi connectivity index (χ3n) is 12.2. The zero-order chi connectivity index (χ0) is 27.3. The van der Waals surface area contributed by atoms with E-state index in [1.54, 1.807) is 13.0 Å². The highest BCUT2D eigenvalue weighted by molar-refractivity contribution is 5.85. The molecule has 0 radical (unpaired) electrons. The average Bonchev–Trinajstić information content (AvgIpc) is 3.41. The Morgan fingerprint density at radius 1 is 0.895 bits per heavy atom. The number of hydrogen-bond acceptors (Lipinski definition) is 9. The Labute approximate surface area is 224 Å². The summed E-state index contributed by atoms with van der Waals surface area (Å²) in [5.41, 5.74) is -1.51. The van der Waals surface area contributed by atoms with Gasteiger partial charge in [-0.25, -0.2) is 4.79 Å². The fraction of sp³-hybridized carbons (Fsp3) is 0.897. The Morgan fingerprint density at radius 2 is 1.61 bits per heavy atom. The second kappa shape index (κ2) is 8.96. The lowest BCUT2D eigenvalue weighted by Crippen LogP contribution is -2.67. The van der Waals surface area contributed by atoms with Gasteiger partial charge in [0, 0.05) is 17.9 Å². The van der Waals surface area contributed by atoms with Gasteiger partial charge in [0.2, 0.25) is 0 Å². The van der Waals surface area contributed by atoms with Gasteiger partial charge in [0.15, 0.2) is 6.29 Å². The average molecular weight is 537 g/mol. The van der Waals surface area contributed by atoms with Crippen LogP contribution in [0.5, 0.6) is 0 Å². The van der Waals surface area contributed by atoms with Crippen LogP contribution in [-0.2, 0) is 19.0 Å². The molecule has 6 aliphatic rings. The third-order valence-corrected chi connectivity index (χ3v) is 12.2. The molecule has 0 spiro atoms. The quantitative estimate of drug-likeness (QED) is 0.268. The maximum absolute atomic E-state index is 12.4. The van der Waals surface area contributed by atoms with E-state index in [2.05, 4.69) is 13.8 Å². The van der Waals surface area contributed by atoms with Crippen LogP contribution in [0.15, 0.2) is 11.6 Å². The number of carbonyl (C=O) groups excluding carboxylic acids is 1. The molecule has 214 valence electrons. The fourth-order valence-electron chi connectivity index (χ4n) is 9.80. The molecule has 0 bridgehead atoms. The molecule has 5 N–H and O–H groups in total. The van der Waals surface area contributed by atoms with Crippen molar-refractivity contribution in [3.8, 4) is 0 Å². The Morgan fingerprint density at radius 3 is 2.32 bits per heavy atom. The molecule has 6 rings (SSSR count). The molecule has 4 aliphatic carbocycles. The van der Waals surface area contributed by atoms with Gasteiger partial charge in [-0.1, -0.05) is 13.8 Å². The van der Waals surface area contributed by atoms with Gasteiger partial charge in [-0.2, -0.15) is 0 Å². The van der Waals surface area contributed by atoms with Crippen LogP contribution in [-0.4, -0.2) is 86.1 Å². The Kier molecular flexibility index (Phi) is 6.40. The number of aliphatic hydroxyl groups is 5. The van der Waals surface area contributed by atoms with E-state index < -0.39 is 41.9 Å². The van der Waals surface area contributed by atoms with Crippen molar-refractivity contribution in [1.82, 2.24) is 0 Å². The summed E-state index contributed by atoms with van der Waals surface area (Å²) in [6.07, 6.45) is 2.01. The van der Waals surface area contributed by atoms with E-state index in [0.29, 0.717) is 32.3 Å². The maximum Gasteiger partial charge on any atom is 0.331 e. The van der Waals surface area contributed by atoms with Crippen molar-refractivity contribution in [1.29, 1.82) is 0 Å². The van der Waals surface area contributed by atoms with E-state index in [-0.39, 0.29) is 40.7 Å². The minimum absolute atomic E-state index is 0.0774. The predicted molar refractivity (Wildman–Crippen MR) is 134 cm³/mol. The van der Waals surface area contributed by atoms with Crippen molar-refractivity contribution in [2.75, 3.05) is 6.61 Å². The van der Waals surface area contributed by atoms with Crippen LogP contribution in [0.3, 0.4) is 0 Å². The van der Waals surface area contributed by atoms with Crippen molar-refractivity contribution in [3.63, 3.8) is 0 Å². The van der Waals surface area contributed by atoms with Crippen LogP contribution in [0.1, 0.15) is 78.6 Å². The molecular weight excluding hydrogens is 492 g/mol. The van der Waals surface area contributed by atoms with E-state index in [9.17, 15) is 30.3 Å². The number of ether oxygens (including phenoxy) is 3. The Balaban J connectivity index is 1.19. The first-order valence-electron chi connectivity index (χ1n) is 14.5. The van der Waals surface area contributed by atoms with Gasteiger partial charge in [-0.05, 0) is 87.0 Å². The largest absolute Gasteiger partial charge is 0.458 e. The van der Waals surface area contributed by atoms with Crippen LogP contribution in [0.25, 0.3) is 0 Å². The number of fused-ring (bicyclic) bond motifs is 5. The lowest BCUT2D eigenvalue weighted by molar-refractivity contribution is -0.319. The molecule has 0 aromatic carbocycles. The van der Waals surface area contributed by atoms with Crippen LogP contribution in [0, 0.1) is 28.6 Å². The van der Waals surface area contributed by atoms with E-state index in [4.69, 9.17) is 14.2 Å². The molecule has 2 heterocycles. The molecular formula is C29H44O9. The molecule has 0 amide bonds. The smallest absolute Gasteiger partial charge is 0.331 e. The summed E-state index contributed by atoms with van der Waals surface area (Å²) >= 11 is 0. The van der Waals surface area contributed by atoms with E-state index in [1.165, 1.54) is 0 Å². The summed E-state index contributed by atoms with van der Waals surface area (Å²) in [6, 6.07) is 0. The van der Waals surface area contributed by atoms with Gasteiger partial charge < -0.3 is 39.7 Å². The lowest BCUT2D eigenvalue weighted by atomic mass is 9.42. The van der Waals surface area contributed by atoms with Crippen LogP contribution >= 0.6 is 0 Å². The SMILES string of the molecule is C[C@H]1O[C@@H](O[C@H]2CC[C@]3(C)[C@H]4CC[C@]5(C)[C@@H](C6=CC(=O)OC6)CC[C@]5(O)[C@@H]4CC[C@]3(O)C2)[C@H](O)[C@H](O)[C@@H]1O. The number of cyclic esters (lactones) is 1. The number of carbonyl (C=O) groups is 1. The van der Waals surface area contributed by atoms with Gasteiger partial charge in [-0.15, -0.1) is 0 Å². The van der Waals surface area contributed by atoms with Gasteiger partial charge in [0.25, 0.3) is 0 Å². The Bertz CT molecular complexity index is 1000. The fourth-order valence-corrected chi connectivity index (χ4v) is 9.80. The molecule has 38 heavy (non-hydrogen) atoms. The monoisotopic (exact) mass is 536 g/mol. The number of aliphatic hydroxyl groups excluding tert-OH is 3. The van der Waals surface area contributed by atoms with Crippen molar-refractivity contribution in [2.24, 2.45) is 28.6 Å². The molecule has 9 heteroatoms. The van der Waals surface area contributed by atoms with Crippen LogP contribution < -0.4 is 0 Å². The number of hydrogen-bond donors (Lipinski definition) is 5. The second-order valence-corrected chi connectivity index (χ2v) is 13.7. The summed E-state index contributed by atoms with van der Waals surface area (Å²) in [7, 11) is 0. The lowest BCUT2D eigenvalue weighted by Gasteiger charge is -2.66. The molecule has 0 aromatic rings. The molecule has 9 nitrogen and oxygen atoms in total. The zero-order valence-electron chi connectivity index (χ0n) is 22.7. The molecule has 0 unspecified atom stereocenters. The van der Waals surface area contributed by atoms with E-state index in [1.807, 2.05) is 0 Å². The van der Waals surface area contributed by atoms with Crippen LogP contribution in [0.2, 0.25) is 0 Å². The molecule has 13 atom stereocenters. The van der Waals surface area contributed by atoms with Crippen molar-refractivity contribution < 1.29 is 44.5 Å². The first kappa shape index (κ1) is 27.1. The first-order chi connectivity index (χ1) is 17.8. The van der Waals surface area contributed by atoms with Crippen molar-refractivity contribution >= 4 is 5.97 Å². The minimum Gasteiger partial charge on any atom is -0.458 e. The summed E-state index contributed by atoms with van der Waals surface area (Å²) in [5.74, 6) is 0.0978. The third kappa shape index (κ3) is 3.65. The summed E-state index contributed by atoms with van der Waals surface area (Å²) < 4.78 is 17.0. The van der Waals surface area contributed by atoms with Crippen molar-refractivity contribution in [3.05, 3.63) is 11.6 Å².